The van der Waals surface area contributed by atoms with E-state index in [2.05, 4.69) is 27.9 Å². The molecule has 0 spiro atoms. The number of benzene rings is 1. The highest BCUT2D eigenvalue weighted by Crippen LogP contribution is 2.48. The third kappa shape index (κ3) is 2.34. The molecule has 0 aliphatic heterocycles. The highest BCUT2D eigenvalue weighted by atomic mass is 127. The molecule has 5 heteroatoms. The van der Waals surface area contributed by atoms with Crippen molar-refractivity contribution in [1.29, 1.82) is 0 Å². The van der Waals surface area contributed by atoms with Crippen molar-refractivity contribution in [2.75, 3.05) is 5.32 Å². The van der Waals surface area contributed by atoms with Gasteiger partial charge in [-0.3, -0.25) is 9.59 Å². The Morgan fingerprint density at radius 2 is 1.70 bits per heavy atom. The van der Waals surface area contributed by atoms with Crippen molar-refractivity contribution >= 4 is 40.2 Å². The van der Waals surface area contributed by atoms with Crippen LogP contribution in [0.4, 0.5) is 5.69 Å². The van der Waals surface area contributed by atoms with E-state index >= 15 is 0 Å². The van der Waals surface area contributed by atoms with E-state index < -0.39 is 17.8 Å². The van der Waals surface area contributed by atoms with E-state index in [1.54, 1.807) is 0 Å². The Hall–Kier alpha value is -1.37. The number of fused-ring (bicyclic) bond motifs is 2. The topological polar surface area (TPSA) is 66.4 Å². The number of amides is 1. The predicted molar refractivity (Wildman–Crippen MR) is 83.1 cm³/mol. The molecule has 20 heavy (non-hydrogen) atoms. The highest BCUT2D eigenvalue weighted by Gasteiger charge is 2.51. The molecule has 4 nitrogen and oxygen atoms in total. The molecular formula is C15H14INO3. The van der Waals surface area contributed by atoms with Crippen molar-refractivity contribution in [2.24, 2.45) is 23.7 Å². The molecule has 2 bridgehead atoms. The summed E-state index contributed by atoms with van der Waals surface area (Å²) in [6, 6.07) is 7.48. The number of carbonyl (C=O) groups is 2. The fraction of sp³-hybridized carbons (Fsp3) is 0.333. The van der Waals surface area contributed by atoms with Gasteiger partial charge in [0.25, 0.3) is 0 Å². The molecule has 3 rings (SSSR count). The Kier molecular flexibility index (Phi) is 3.54. The molecule has 2 aliphatic carbocycles. The number of carboxylic acid groups (broad SMARTS) is 1. The highest BCUT2D eigenvalue weighted by molar-refractivity contribution is 14.1. The smallest absolute Gasteiger partial charge is 0.307 e. The largest absolute Gasteiger partial charge is 0.481 e. The second kappa shape index (κ2) is 5.20. The van der Waals surface area contributed by atoms with Gasteiger partial charge in [-0.1, -0.05) is 12.2 Å². The van der Waals surface area contributed by atoms with Gasteiger partial charge in [0.05, 0.1) is 11.8 Å². The number of hydrogen-bond donors (Lipinski definition) is 2. The van der Waals surface area contributed by atoms with Gasteiger partial charge in [0, 0.05) is 9.26 Å². The summed E-state index contributed by atoms with van der Waals surface area (Å²) in [5.74, 6) is -2.04. The molecule has 1 fully saturated rings. The quantitative estimate of drug-likeness (QED) is 0.623. The number of hydrogen-bond acceptors (Lipinski definition) is 2. The lowest BCUT2D eigenvalue weighted by atomic mass is 9.82. The summed E-state index contributed by atoms with van der Waals surface area (Å²) in [6.45, 7) is 0. The Labute approximate surface area is 130 Å². The summed E-state index contributed by atoms with van der Waals surface area (Å²) >= 11 is 2.20. The van der Waals surface area contributed by atoms with Crippen molar-refractivity contribution in [3.63, 3.8) is 0 Å². The molecule has 2 N–H and O–H groups in total. The third-order valence-corrected chi connectivity index (χ3v) is 4.88. The molecule has 0 radical (unpaired) electrons. The number of rotatable bonds is 3. The van der Waals surface area contributed by atoms with Crippen molar-refractivity contribution < 1.29 is 14.7 Å². The first kappa shape index (κ1) is 13.6. The molecule has 4 atom stereocenters. The van der Waals surface area contributed by atoms with Gasteiger partial charge in [-0.2, -0.15) is 0 Å². The van der Waals surface area contributed by atoms with Gasteiger partial charge >= 0.3 is 5.97 Å². The molecule has 1 aromatic rings. The minimum atomic E-state index is -0.871. The molecule has 1 amide bonds. The molecule has 0 aromatic heterocycles. The zero-order chi connectivity index (χ0) is 14.3. The number of carboxylic acids is 1. The lowest BCUT2D eigenvalue weighted by Crippen LogP contribution is -2.36. The van der Waals surface area contributed by atoms with Crippen molar-refractivity contribution in [3.05, 3.63) is 40.0 Å². The average Bonchev–Trinajstić information content (AvgIpc) is 3.01. The summed E-state index contributed by atoms with van der Waals surface area (Å²) < 4.78 is 1.09. The number of carbonyl (C=O) groups excluding carboxylic acids is 1. The molecule has 2 aliphatic rings. The zero-order valence-corrected chi connectivity index (χ0v) is 12.8. The Balaban J connectivity index is 1.78. The summed E-state index contributed by atoms with van der Waals surface area (Å²) in [5.41, 5.74) is 0.714. The second-order valence-electron chi connectivity index (χ2n) is 5.33. The van der Waals surface area contributed by atoms with Gasteiger partial charge in [-0.15, -0.1) is 0 Å². The van der Waals surface area contributed by atoms with Crippen LogP contribution < -0.4 is 5.32 Å². The molecule has 1 aromatic carbocycles. The van der Waals surface area contributed by atoms with Crippen LogP contribution >= 0.6 is 22.6 Å². The van der Waals surface area contributed by atoms with Crippen LogP contribution in [0.3, 0.4) is 0 Å². The van der Waals surface area contributed by atoms with E-state index in [1.807, 2.05) is 36.4 Å². The predicted octanol–water partition coefficient (Wildman–Crippen LogP) is 2.75. The van der Waals surface area contributed by atoms with Crippen LogP contribution in [0.25, 0.3) is 0 Å². The first-order chi connectivity index (χ1) is 9.56. The van der Waals surface area contributed by atoms with Gasteiger partial charge in [-0.25, -0.2) is 0 Å². The van der Waals surface area contributed by atoms with E-state index in [9.17, 15) is 14.7 Å². The molecule has 1 saturated carbocycles. The standard InChI is InChI=1S/C15H14INO3/c16-10-3-5-11(6-4-10)17-14(18)12-8-1-2-9(7-8)13(12)15(19)20/h1-6,8-9,12-13H,7H2,(H,17,18)(H,19,20)/t8-,9+,12-,13-/m1/s1. The SMILES string of the molecule is O=C(Nc1ccc(I)cc1)[C@H]1[C@H](C(=O)O)[C@H]2C=C[C@@H]1C2. The van der Waals surface area contributed by atoms with Gasteiger partial charge in [0.15, 0.2) is 0 Å². The number of halogens is 1. The Bertz CT molecular complexity index is 581. The van der Waals surface area contributed by atoms with Crippen LogP contribution in [0.1, 0.15) is 6.42 Å². The summed E-state index contributed by atoms with van der Waals surface area (Å²) in [5, 5.41) is 12.2. The lowest BCUT2D eigenvalue weighted by Gasteiger charge is -2.23. The molecular weight excluding hydrogens is 369 g/mol. The van der Waals surface area contributed by atoms with Crippen molar-refractivity contribution in [1.82, 2.24) is 0 Å². The molecule has 0 saturated heterocycles. The first-order valence-electron chi connectivity index (χ1n) is 6.54. The maximum absolute atomic E-state index is 12.4. The average molecular weight is 383 g/mol. The van der Waals surface area contributed by atoms with Gasteiger partial charge in [-0.05, 0) is 65.1 Å². The Morgan fingerprint density at radius 3 is 2.30 bits per heavy atom. The van der Waals surface area contributed by atoms with Crippen LogP contribution in [0.15, 0.2) is 36.4 Å². The lowest BCUT2D eigenvalue weighted by molar-refractivity contribution is -0.146. The minimum absolute atomic E-state index is 0.00460. The minimum Gasteiger partial charge on any atom is -0.481 e. The third-order valence-electron chi connectivity index (χ3n) is 4.16. The van der Waals surface area contributed by atoms with Gasteiger partial charge in [0.2, 0.25) is 5.91 Å². The molecule has 0 heterocycles. The fourth-order valence-corrected chi connectivity index (χ4v) is 3.63. The normalized spacial score (nSPS) is 30.4. The zero-order valence-electron chi connectivity index (χ0n) is 10.6. The monoisotopic (exact) mass is 383 g/mol. The van der Waals surface area contributed by atoms with Crippen LogP contribution in [-0.2, 0) is 9.59 Å². The second-order valence-corrected chi connectivity index (χ2v) is 6.58. The van der Waals surface area contributed by atoms with E-state index in [4.69, 9.17) is 0 Å². The maximum atomic E-state index is 12.4. The molecule has 104 valence electrons. The maximum Gasteiger partial charge on any atom is 0.307 e. The van der Waals surface area contributed by atoms with Crippen LogP contribution in [0.2, 0.25) is 0 Å². The van der Waals surface area contributed by atoms with E-state index in [-0.39, 0.29) is 17.7 Å². The number of allylic oxidation sites excluding steroid dienone is 2. The van der Waals surface area contributed by atoms with Crippen LogP contribution in [-0.4, -0.2) is 17.0 Å². The van der Waals surface area contributed by atoms with Crippen molar-refractivity contribution in [3.8, 4) is 0 Å². The van der Waals surface area contributed by atoms with Crippen LogP contribution in [0, 0.1) is 27.2 Å². The van der Waals surface area contributed by atoms with E-state index in [0.717, 1.165) is 9.99 Å². The van der Waals surface area contributed by atoms with E-state index in [1.165, 1.54) is 0 Å². The molecule has 0 unspecified atom stereocenters. The first-order valence-corrected chi connectivity index (χ1v) is 7.61. The number of nitrogens with one attached hydrogen (secondary N) is 1. The fourth-order valence-electron chi connectivity index (χ4n) is 3.28. The van der Waals surface area contributed by atoms with Gasteiger partial charge < -0.3 is 10.4 Å². The Morgan fingerprint density at radius 1 is 1.10 bits per heavy atom. The number of aliphatic carboxylic acids is 1. The summed E-state index contributed by atoms with van der Waals surface area (Å²) in [4.78, 5) is 23.8. The van der Waals surface area contributed by atoms with E-state index in [0.29, 0.717) is 5.69 Å². The summed E-state index contributed by atoms with van der Waals surface area (Å²) in [6.07, 6.45) is 4.71. The summed E-state index contributed by atoms with van der Waals surface area (Å²) in [7, 11) is 0. The van der Waals surface area contributed by atoms with Crippen molar-refractivity contribution in [2.45, 2.75) is 6.42 Å². The van der Waals surface area contributed by atoms with Gasteiger partial charge in [0.1, 0.15) is 0 Å². The number of anilines is 1. The van der Waals surface area contributed by atoms with Crippen LogP contribution in [0.5, 0.6) is 0 Å².